The van der Waals surface area contributed by atoms with Crippen molar-refractivity contribution in [2.75, 3.05) is 19.6 Å². The van der Waals surface area contributed by atoms with Crippen LogP contribution in [-0.4, -0.2) is 24.5 Å². The molecule has 3 nitrogen and oxygen atoms in total. The van der Waals surface area contributed by atoms with Crippen molar-refractivity contribution in [2.24, 2.45) is 0 Å². The van der Waals surface area contributed by atoms with Crippen LogP contribution in [0.25, 0.3) is 11.0 Å². The fraction of sp³-hybridized carbons (Fsp3) is 0.444. The topological polar surface area (TPSA) is 28.4 Å². The number of hydrogen-bond donors (Lipinski definition) is 1. The van der Waals surface area contributed by atoms with Crippen molar-refractivity contribution in [3.05, 3.63) is 47.2 Å². The number of nitrogens with one attached hydrogen (secondary N) is 1. The molecule has 0 spiro atoms. The molecule has 0 aliphatic carbocycles. The van der Waals surface area contributed by atoms with E-state index in [4.69, 9.17) is 4.42 Å². The average molecular weight is 284 g/mol. The van der Waals surface area contributed by atoms with Gasteiger partial charge < -0.3 is 9.73 Å². The predicted molar refractivity (Wildman–Crippen MR) is 87.2 cm³/mol. The van der Waals surface area contributed by atoms with Crippen molar-refractivity contribution in [1.82, 2.24) is 10.2 Å². The maximum absolute atomic E-state index is 6.13. The van der Waals surface area contributed by atoms with Crippen LogP contribution in [0.15, 0.2) is 40.3 Å². The lowest BCUT2D eigenvalue weighted by Crippen LogP contribution is -2.29. The lowest BCUT2D eigenvalue weighted by molar-refractivity contribution is 0.259. The van der Waals surface area contributed by atoms with Crippen LogP contribution in [0.1, 0.15) is 31.6 Å². The Hall–Kier alpha value is -1.58. The van der Waals surface area contributed by atoms with Gasteiger partial charge >= 0.3 is 0 Å². The largest absolute Gasteiger partial charge is 0.459 e. The van der Waals surface area contributed by atoms with Gasteiger partial charge in [-0.1, -0.05) is 36.8 Å². The van der Waals surface area contributed by atoms with Crippen molar-refractivity contribution in [3.8, 4) is 0 Å². The zero-order valence-corrected chi connectivity index (χ0v) is 13.0. The van der Waals surface area contributed by atoms with E-state index in [-0.39, 0.29) is 0 Å². The van der Waals surface area contributed by atoms with E-state index in [1.807, 2.05) is 6.07 Å². The van der Waals surface area contributed by atoms with Gasteiger partial charge in [-0.05, 0) is 26.0 Å². The van der Waals surface area contributed by atoms with Gasteiger partial charge in [0, 0.05) is 30.6 Å². The first-order chi connectivity index (χ1) is 10.3. The Bertz CT molecular complexity index is 642. The van der Waals surface area contributed by atoms with E-state index in [9.17, 15) is 0 Å². The van der Waals surface area contributed by atoms with Gasteiger partial charge in [0.05, 0.1) is 6.54 Å². The Morgan fingerprint density at radius 3 is 2.95 bits per heavy atom. The van der Waals surface area contributed by atoms with E-state index in [0.717, 1.165) is 50.5 Å². The molecular formula is C18H24N2O. The quantitative estimate of drug-likeness (QED) is 0.849. The van der Waals surface area contributed by atoms with Gasteiger partial charge in [-0.2, -0.15) is 0 Å². The van der Waals surface area contributed by atoms with Gasteiger partial charge in [0.1, 0.15) is 11.3 Å². The van der Waals surface area contributed by atoms with Crippen LogP contribution in [0.2, 0.25) is 0 Å². The molecule has 1 aromatic heterocycles. The predicted octanol–water partition coefficient (Wildman–Crippen LogP) is 3.69. The summed E-state index contributed by atoms with van der Waals surface area (Å²) in [7, 11) is 0. The Labute approximate surface area is 126 Å². The molecule has 0 bridgehead atoms. The fourth-order valence-corrected chi connectivity index (χ4v) is 3.05. The Kier molecular flexibility index (Phi) is 4.42. The molecule has 1 N–H and O–H groups in total. The minimum Gasteiger partial charge on any atom is -0.459 e. The highest BCUT2D eigenvalue weighted by Gasteiger charge is 2.18. The Morgan fingerprint density at radius 2 is 2.14 bits per heavy atom. The molecule has 3 heteroatoms. The first kappa shape index (κ1) is 14.4. The SMILES string of the molecule is CCNCc1c(CN2CCC=C(C)C2)oc2ccccc12. The summed E-state index contributed by atoms with van der Waals surface area (Å²) in [6.07, 6.45) is 3.49. The molecule has 112 valence electrons. The summed E-state index contributed by atoms with van der Waals surface area (Å²) in [5, 5.41) is 4.69. The number of rotatable bonds is 5. The summed E-state index contributed by atoms with van der Waals surface area (Å²) in [5.74, 6) is 1.12. The molecule has 0 saturated carbocycles. The maximum atomic E-state index is 6.13. The zero-order valence-electron chi connectivity index (χ0n) is 13.0. The molecule has 3 rings (SSSR count). The summed E-state index contributed by atoms with van der Waals surface area (Å²) in [5.41, 5.74) is 3.79. The second kappa shape index (κ2) is 6.46. The summed E-state index contributed by atoms with van der Waals surface area (Å²) in [6.45, 7) is 9.29. The minimum absolute atomic E-state index is 0.880. The number of benzene rings is 1. The van der Waals surface area contributed by atoms with Crippen LogP contribution in [-0.2, 0) is 13.1 Å². The minimum atomic E-state index is 0.880. The van der Waals surface area contributed by atoms with Crippen LogP contribution < -0.4 is 5.32 Å². The van der Waals surface area contributed by atoms with Gasteiger partial charge in [-0.3, -0.25) is 4.90 Å². The third-order valence-electron chi connectivity index (χ3n) is 4.11. The van der Waals surface area contributed by atoms with Crippen LogP contribution >= 0.6 is 0 Å². The normalized spacial score (nSPS) is 16.4. The highest BCUT2D eigenvalue weighted by molar-refractivity contribution is 5.82. The van der Waals surface area contributed by atoms with Gasteiger partial charge in [0.2, 0.25) is 0 Å². The van der Waals surface area contributed by atoms with Crippen molar-refractivity contribution in [2.45, 2.75) is 33.4 Å². The van der Waals surface area contributed by atoms with Crippen molar-refractivity contribution >= 4 is 11.0 Å². The number of fused-ring (bicyclic) bond motifs is 1. The highest BCUT2D eigenvalue weighted by Crippen LogP contribution is 2.27. The van der Waals surface area contributed by atoms with Gasteiger partial charge in [-0.15, -0.1) is 0 Å². The molecule has 1 aliphatic heterocycles. The summed E-state index contributed by atoms with van der Waals surface area (Å²) in [6, 6.07) is 8.36. The highest BCUT2D eigenvalue weighted by atomic mass is 16.3. The van der Waals surface area contributed by atoms with Gasteiger partial charge in [0.25, 0.3) is 0 Å². The van der Waals surface area contributed by atoms with Crippen molar-refractivity contribution in [3.63, 3.8) is 0 Å². The van der Waals surface area contributed by atoms with E-state index in [0.29, 0.717) is 0 Å². The number of nitrogens with zero attached hydrogens (tertiary/aromatic N) is 1. The summed E-state index contributed by atoms with van der Waals surface area (Å²) >= 11 is 0. The molecule has 2 aromatic rings. The molecule has 1 aromatic carbocycles. The standard InChI is InChI=1S/C18H24N2O/c1-3-19-11-16-15-8-4-5-9-17(15)21-18(16)13-20-10-6-7-14(2)12-20/h4-5,7-9,19H,3,6,10-13H2,1-2H3. The van der Waals surface area contributed by atoms with Crippen LogP contribution in [0.3, 0.4) is 0 Å². The van der Waals surface area contributed by atoms with Gasteiger partial charge in [0.15, 0.2) is 0 Å². The molecule has 0 fully saturated rings. The molecule has 1 aliphatic rings. The first-order valence-corrected chi connectivity index (χ1v) is 7.86. The maximum Gasteiger partial charge on any atom is 0.134 e. The number of para-hydroxylation sites is 1. The van der Waals surface area contributed by atoms with Gasteiger partial charge in [-0.25, -0.2) is 0 Å². The third kappa shape index (κ3) is 3.20. The third-order valence-corrected chi connectivity index (χ3v) is 4.11. The molecule has 0 amide bonds. The van der Waals surface area contributed by atoms with E-state index in [1.165, 1.54) is 16.5 Å². The lowest BCUT2D eigenvalue weighted by Gasteiger charge is -2.25. The van der Waals surface area contributed by atoms with E-state index < -0.39 is 0 Å². The summed E-state index contributed by atoms with van der Waals surface area (Å²) < 4.78 is 6.13. The van der Waals surface area contributed by atoms with Crippen molar-refractivity contribution in [1.29, 1.82) is 0 Å². The molecule has 0 saturated heterocycles. The first-order valence-electron chi connectivity index (χ1n) is 7.86. The van der Waals surface area contributed by atoms with Crippen LogP contribution in [0.5, 0.6) is 0 Å². The summed E-state index contributed by atoms with van der Waals surface area (Å²) in [4.78, 5) is 2.47. The Morgan fingerprint density at radius 1 is 1.29 bits per heavy atom. The molecule has 0 radical (unpaired) electrons. The monoisotopic (exact) mass is 284 g/mol. The van der Waals surface area contributed by atoms with E-state index in [1.54, 1.807) is 0 Å². The fourth-order valence-electron chi connectivity index (χ4n) is 3.05. The number of hydrogen-bond acceptors (Lipinski definition) is 3. The average Bonchev–Trinajstić information content (AvgIpc) is 2.82. The molecule has 0 atom stereocenters. The lowest BCUT2D eigenvalue weighted by atomic mass is 10.1. The molecule has 0 unspecified atom stereocenters. The van der Waals surface area contributed by atoms with Crippen LogP contribution in [0, 0.1) is 0 Å². The smallest absolute Gasteiger partial charge is 0.134 e. The molecule has 2 heterocycles. The second-order valence-corrected chi connectivity index (χ2v) is 5.83. The zero-order chi connectivity index (χ0) is 14.7. The molecule has 21 heavy (non-hydrogen) atoms. The number of furan rings is 1. The van der Waals surface area contributed by atoms with Crippen LogP contribution in [0.4, 0.5) is 0 Å². The second-order valence-electron chi connectivity index (χ2n) is 5.83. The molecular weight excluding hydrogens is 260 g/mol. The Balaban J connectivity index is 1.87. The van der Waals surface area contributed by atoms with E-state index in [2.05, 4.69) is 48.3 Å². The van der Waals surface area contributed by atoms with Crippen molar-refractivity contribution < 1.29 is 4.42 Å². The van der Waals surface area contributed by atoms with E-state index >= 15 is 0 Å².